The number of hydrogen-bond donors (Lipinski definition) is 0. The van der Waals surface area contributed by atoms with Crippen LogP contribution in [0.2, 0.25) is 0 Å². The minimum Gasteiger partial charge on any atom is -0.287 e. The first-order chi connectivity index (χ1) is 12.1. The van der Waals surface area contributed by atoms with E-state index in [-0.39, 0.29) is 5.78 Å². The molecule has 0 fully saturated rings. The van der Waals surface area contributed by atoms with E-state index < -0.39 is 0 Å². The second-order valence-electron chi connectivity index (χ2n) is 6.66. The van der Waals surface area contributed by atoms with E-state index in [9.17, 15) is 4.79 Å². The molecule has 25 heavy (non-hydrogen) atoms. The highest BCUT2D eigenvalue weighted by Crippen LogP contribution is 2.23. The van der Waals surface area contributed by atoms with Gasteiger partial charge in [0, 0.05) is 23.9 Å². The average molecular weight is 326 g/mol. The van der Waals surface area contributed by atoms with Crippen molar-refractivity contribution >= 4 is 27.3 Å². The van der Waals surface area contributed by atoms with Gasteiger partial charge in [-0.2, -0.15) is 4.57 Å². The standard InChI is InChI=1S/C23H20NO/c1-16-8-9-19-12-22-14-24(15-23(25)18-6-4-3-5-7-18)17(2)11-21(22)13-20(19)10-16/h3-14H,15H2,1-2H3/q+1. The van der Waals surface area contributed by atoms with Crippen molar-refractivity contribution in [3.8, 4) is 0 Å². The molecular weight excluding hydrogens is 306 g/mol. The zero-order chi connectivity index (χ0) is 17.4. The van der Waals surface area contributed by atoms with Crippen LogP contribution in [0.25, 0.3) is 21.5 Å². The van der Waals surface area contributed by atoms with Gasteiger partial charge >= 0.3 is 0 Å². The topological polar surface area (TPSA) is 20.9 Å². The number of aromatic nitrogens is 1. The molecule has 0 spiro atoms. The average Bonchev–Trinajstić information content (AvgIpc) is 2.61. The quantitative estimate of drug-likeness (QED) is 0.301. The monoisotopic (exact) mass is 326 g/mol. The minimum atomic E-state index is 0.129. The zero-order valence-electron chi connectivity index (χ0n) is 14.5. The first-order valence-electron chi connectivity index (χ1n) is 8.53. The van der Waals surface area contributed by atoms with Crippen LogP contribution < -0.4 is 4.57 Å². The van der Waals surface area contributed by atoms with Crippen LogP contribution in [0.4, 0.5) is 0 Å². The Morgan fingerprint density at radius 2 is 1.52 bits per heavy atom. The van der Waals surface area contributed by atoms with Gasteiger partial charge in [0.15, 0.2) is 11.9 Å². The molecule has 2 heteroatoms. The van der Waals surface area contributed by atoms with Crippen molar-refractivity contribution in [1.29, 1.82) is 0 Å². The molecule has 0 amide bonds. The van der Waals surface area contributed by atoms with Crippen molar-refractivity contribution < 1.29 is 9.36 Å². The van der Waals surface area contributed by atoms with Gasteiger partial charge in [-0.05, 0) is 35.2 Å². The SMILES string of the molecule is Cc1ccc2cc3c[n+](CC(=O)c4ccccc4)c(C)cc3cc2c1. The fourth-order valence-corrected chi connectivity index (χ4v) is 3.31. The van der Waals surface area contributed by atoms with Crippen molar-refractivity contribution in [3.05, 3.63) is 89.7 Å². The van der Waals surface area contributed by atoms with Crippen LogP contribution in [0.5, 0.6) is 0 Å². The molecule has 0 radical (unpaired) electrons. The molecule has 0 bridgehead atoms. The minimum absolute atomic E-state index is 0.129. The van der Waals surface area contributed by atoms with Crippen molar-refractivity contribution in [2.24, 2.45) is 0 Å². The summed E-state index contributed by atoms with van der Waals surface area (Å²) in [7, 11) is 0. The van der Waals surface area contributed by atoms with Gasteiger partial charge in [0.05, 0.1) is 0 Å². The molecule has 2 nitrogen and oxygen atoms in total. The number of aryl methyl sites for hydroxylation is 2. The highest BCUT2D eigenvalue weighted by atomic mass is 16.1. The lowest BCUT2D eigenvalue weighted by Crippen LogP contribution is -2.40. The van der Waals surface area contributed by atoms with Gasteiger partial charge < -0.3 is 0 Å². The largest absolute Gasteiger partial charge is 0.287 e. The van der Waals surface area contributed by atoms with E-state index in [1.807, 2.05) is 34.9 Å². The molecule has 0 aliphatic carbocycles. The molecule has 0 saturated heterocycles. The van der Waals surface area contributed by atoms with E-state index in [0.29, 0.717) is 6.54 Å². The number of nitrogens with zero attached hydrogens (tertiary/aromatic N) is 1. The summed E-state index contributed by atoms with van der Waals surface area (Å²) in [5, 5.41) is 4.84. The Morgan fingerprint density at radius 3 is 2.32 bits per heavy atom. The molecular formula is C23H20NO+. The number of hydrogen-bond acceptors (Lipinski definition) is 1. The van der Waals surface area contributed by atoms with Crippen LogP contribution in [0.1, 0.15) is 21.6 Å². The Labute approximate surface area is 147 Å². The van der Waals surface area contributed by atoms with Gasteiger partial charge in [-0.15, -0.1) is 0 Å². The van der Waals surface area contributed by atoms with E-state index >= 15 is 0 Å². The fourth-order valence-electron chi connectivity index (χ4n) is 3.31. The third-order valence-corrected chi connectivity index (χ3v) is 4.72. The molecule has 4 aromatic rings. The van der Waals surface area contributed by atoms with Crippen molar-refractivity contribution in [1.82, 2.24) is 0 Å². The normalized spacial score (nSPS) is 11.1. The molecule has 0 N–H and O–H groups in total. The maximum Gasteiger partial charge on any atom is 0.227 e. The number of fused-ring (bicyclic) bond motifs is 2. The van der Waals surface area contributed by atoms with Crippen LogP contribution in [-0.2, 0) is 6.54 Å². The summed E-state index contributed by atoms with van der Waals surface area (Å²) in [6.07, 6.45) is 2.09. The summed E-state index contributed by atoms with van der Waals surface area (Å²) in [6.45, 7) is 4.53. The van der Waals surface area contributed by atoms with E-state index in [1.165, 1.54) is 21.7 Å². The van der Waals surface area contributed by atoms with Crippen LogP contribution in [0.15, 0.2) is 72.9 Å². The second kappa shape index (κ2) is 6.14. The number of ketones is 1. The number of carbonyl (C=O) groups excluding carboxylic acids is 1. The van der Waals surface area contributed by atoms with Crippen molar-refractivity contribution in [3.63, 3.8) is 0 Å². The first-order valence-corrected chi connectivity index (χ1v) is 8.53. The third-order valence-electron chi connectivity index (χ3n) is 4.72. The highest BCUT2D eigenvalue weighted by molar-refractivity contribution is 5.98. The molecule has 0 atom stereocenters. The van der Waals surface area contributed by atoms with Crippen molar-refractivity contribution in [2.45, 2.75) is 20.4 Å². The molecule has 3 aromatic carbocycles. The van der Waals surface area contributed by atoms with Gasteiger partial charge in [-0.3, -0.25) is 4.79 Å². The summed E-state index contributed by atoms with van der Waals surface area (Å²) in [6, 6.07) is 22.6. The number of rotatable bonds is 3. The van der Waals surface area contributed by atoms with E-state index in [2.05, 4.69) is 56.4 Å². The second-order valence-corrected chi connectivity index (χ2v) is 6.66. The number of benzene rings is 3. The van der Waals surface area contributed by atoms with E-state index in [4.69, 9.17) is 0 Å². The Hall–Kier alpha value is -3.00. The van der Waals surface area contributed by atoms with Gasteiger partial charge in [-0.1, -0.05) is 54.1 Å². The maximum absolute atomic E-state index is 12.5. The maximum atomic E-state index is 12.5. The van der Waals surface area contributed by atoms with Crippen LogP contribution in [-0.4, -0.2) is 5.78 Å². The molecule has 0 unspecified atom stereocenters. The number of carbonyl (C=O) groups is 1. The molecule has 1 heterocycles. The zero-order valence-corrected chi connectivity index (χ0v) is 14.5. The summed E-state index contributed by atoms with van der Waals surface area (Å²) >= 11 is 0. The van der Waals surface area contributed by atoms with E-state index in [1.54, 1.807) is 0 Å². The summed E-state index contributed by atoms with van der Waals surface area (Å²) in [5.41, 5.74) is 3.11. The lowest BCUT2D eigenvalue weighted by atomic mass is 10.0. The molecule has 122 valence electrons. The highest BCUT2D eigenvalue weighted by Gasteiger charge is 2.15. The van der Waals surface area contributed by atoms with Crippen LogP contribution in [0, 0.1) is 13.8 Å². The Bertz CT molecular complexity index is 1100. The van der Waals surface area contributed by atoms with Crippen LogP contribution in [0.3, 0.4) is 0 Å². The van der Waals surface area contributed by atoms with Gasteiger partial charge in [0.2, 0.25) is 12.3 Å². The summed E-state index contributed by atoms with van der Waals surface area (Å²) < 4.78 is 2.04. The number of Topliss-reactive ketones (excluding diaryl/α,β-unsaturated/α-hetero) is 1. The molecule has 0 saturated carbocycles. The summed E-state index contributed by atoms with van der Waals surface area (Å²) in [5.74, 6) is 0.129. The Morgan fingerprint density at radius 1 is 0.800 bits per heavy atom. The smallest absolute Gasteiger partial charge is 0.227 e. The molecule has 4 rings (SSSR count). The van der Waals surface area contributed by atoms with Gasteiger partial charge in [-0.25, -0.2) is 0 Å². The molecule has 0 aliphatic heterocycles. The van der Waals surface area contributed by atoms with Gasteiger partial charge in [0.1, 0.15) is 0 Å². The predicted octanol–water partition coefficient (Wildman–Crippen LogP) is 4.78. The molecule has 1 aromatic heterocycles. The van der Waals surface area contributed by atoms with Crippen LogP contribution >= 0.6 is 0 Å². The lowest BCUT2D eigenvalue weighted by molar-refractivity contribution is -0.687. The summed E-state index contributed by atoms with van der Waals surface area (Å²) in [4.78, 5) is 12.5. The molecule has 0 aliphatic rings. The van der Waals surface area contributed by atoms with E-state index in [0.717, 1.165) is 16.6 Å². The number of pyridine rings is 1. The van der Waals surface area contributed by atoms with Crippen molar-refractivity contribution in [2.75, 3.05) is 0 Å². The fraction of sp³-hybridized carbons (Fsp3) is 0.130. The third kappa shape index (κ3) is 3.03. The lowest BCUT2D eigenvalue weighted by Gasteiger charge is -2.06. The van der Waals surface area contributed by atoms with Gasteiger partial charge in [0.25, 0.3) is 0 Å². The Balaban J connectivity index is 1.77. The Kier molecular flexibility index (Phi) is 3.81. The predicted molar refractivity (Wildman–Crippen MR) is 102 cm³/mol. The first kappa shape index (κ1) is 15.5.